The van der Waals surface area contributed by atoms with Crippen molar-refractivity contribution in [1.82, 2.24) is 5.32 Å². The number of hydrogen-bond acceptors (Lipinski definition) is 2. The highest BCUT2D eigenvalue weighted by Gasteiger charge is 2.31. The predicted octanol–water partition coefficient (Wildman–Crippen LogP) is 2.03. The number of rotatable bonds is 3. The average molecular weight is 195 g/mol. The molecule has 0 radical (unpaired) electrons. The Labute approximate surface area is 82.8 Å². The Balaban J connectivity index is 1.95. The topological polar surface area (TPSA) is 32.3 Å². The lowest BCUT2D eigenvalue weighted by molar-refractivity contribution is 0.467. The molecule has 2 atom stereocenters. The van der Waals surface area contributed by atoms with Crippen LogP contribution in [0.25, 0.3) is 0 Å². The number of halogens is 1. The Morgan fingerprint density at radius 3 is 2.79 bits per heavy atom. The molecule has 1 aliphatic rings. The molecule has 3 heteroatoms. The Kier molecular flexibility index (Phi) is 2.42. The highest BCUT2D eigenvalue weighted by Crippen LogP contribution is 2.29. The fourth-order valence-electron chi connectivity index (χ4n) is 1.59. The van der Waals surface area contributed by atoms with Crippen LogP contribution < -0.4 is 5.32 Å². The molecule has 1 aromatic rings. The van der Waals surface area contributed by atoms with Gasteiger partial charge in [-0.1, -0.05) is 6.92 Å². The molecule has 0 saturated heterocycles. The highest BCUT2D eigenvalue weighted by atomic mass is 19.1. The largest absolute Gasteiger partial charge is 0.508 e. The lowest BCUT2D eigenvalue weighted by Gasteiger charge is -2.04. The molecule has 76 valence electrons. The van der Waals surface area contributed by atoms with Crippen molar-refractivity contribution in [2.24, 2.45) is 5.92 Å². The first-order chi connectivity index (χ1) is 6.65. The molecule has 2 unspecified atom stereocenters. The number of phenols is 1. The van der Waals surface area contributed by atoms with E-state index in [1.807, 2.05) is 0 Å². The zero-order valence-corrected chi connectivity index (χ0v) is 8.13. The van der Waals surface area contributed by atoms with E-state index in [-0.39, 0.29) is 11.6 Å². The molecule has 2 N–H and O–H groups in total. The number of nitrogens with one attached hydrogen (secondary N) is 1. The second-order valence-electron chi connectivity index (χ2n) is 4.02. The van der Waals surface area contributed by atoms with Crippen LogP contribution >= 0.6 is 0 Å². The van der Waals surface area contributed by atoms with Gasteiger partial charge in [-0.2, -0.15) is 0 Å². The predicted molar refractivity (Wildman–Crippen MR) is 52.5 cm³/mol. The van der Waals surface area contributed by atoms with E-state index in [0.29, 0.717) is 12.6 Å². The Bertz CT molecular complexity index is 320. The number of benzene rings is 1. The average Bonchev–Trinajstić information content (AvgIpc) is 2.77. The summed E-state index contributed by atoms with van der Waals surface area (Å²) >= 11 is 0. The SMILES string of the molecule is CC1CC1NCc1cc(O)cc(F)c1. The second kappa shape index (κ2) is 3.58. The summed E-state index contributed by atoms with van der Waals surface area (Å²) in [6.07, 6.45) is 1.20. The van der Waals surface area contributed by atoms with Gasteiger partial charge in [-0.05, 0) is 30.0 Å². The zero-order valence-electron chi connectivity index (χ0n) is 8.13. The maximum Gasteiger partial charge on any atom is 0.127 e. The van der Waals surface area contributed by atoms with Crippen molar-refractivity contribution in [2.45, 2.75) is 25.9 Å². The third-order valence-corrected chi connectivity index (χ3v) is 2.62. The van der Waals surface area contributed by atoms with Gasteiger partial charge in [0.05, 0.1) is 0 Å². The van der Waals surface area contributed by atoms with Gasteiger partial charge in [0.1, 0.15) is 11.6 Å². The van der Waals surface area contributed by atoms with Gasteiger partial charge in [-0.3, -0.25) is 0 Å². The number of aromatic hydroxyl groups is 1. The van der Waals surface area contributed by atoms with Gasteiger partial charge >= 0.3 is 0 Å². The van der Waals surface area contributed by atoms with E-state index in [4.69, 9.17) is 5.11 Å². The Morgan fingerprint density at radius 1 is 1.50 bits per heavy atom. The fraction of sp³-hybridized carbons (Fsp3) is 0.455. The van der Waals surface area contributed by atoms with Crippen LogP contribution in [-0.4, -0.2) is 11.1 Å². The summed E-state index contributed by atoms with van der Waals surface area (Å²) in [5, 5.41) is 12.5. The van der Waals surface area contributed by atoms with Gasteiger partial charge in [-0.15, -0.1) is 0 Å². The Morgan fingerprint density at radius 2 is 2.21 bits per heavy atom. The third-order valence-electron chi connectivity index (χ3n) is 2.62. The molecule has 14 heavy (non-hydrogen) atoms. The van der Waals surface area contributed by atoms with Crippen LogP contribution in [0.2, 0.25) is 0 Å². The minimum atomic E-state index is -0.384. The first-order valence-corrected chi connectivity index (χ1v) is 4.87. The van der Waals surface area contributed by atoms with Crippen LogP contribution in [0, 0.1) is 11.7 Å². The van der Waals surface area contributed by atoms with Crippen LogP contribution in [0.3, 0.4) is 0 Å². The lowest BCUT2D eigenvalue weighted by Crippen LogP contribution is -2.17. The van der Waals surface area contributed by atoms with Gasteiger partial charge in [0.25, 0.3) is 0 Å². The molecule has 2 nitrogen and oxygen atoms in total. The van der Waals surface area contributed by atoms with Crippen LogP contribution in [0.1, 0.15) is 18.9 Å². The minimum absolute atomic E-state index is 0.00866. The van der Waals surface area contributed by atoms with Crippen LogP contribution in [-0.2, 0) is 6.54 Å². The molecular weight excluding hydrogens is 181 g/mol. The summed E-state index contributed by atoms with van der Waals surface area (Å²) in [6.45, 7) is 2.81. The van der Waals surface area contributed by atoms with Crippen molar-refractivity contribution in [1.29, 1.82) is 0 Å². The zero-order chi connectivity index (χ0) is 10.1. The number of hydrogen-bond donors (Lipinski definition) is 2. The molecule has 1 fully saturated rings. The van der Waals surface area contributed by atoms with E-state index in [1.165, 1.54) is 12.5 Å². The molecule has 2 rings (SSSR count). The first-order valence-electron chi connectivity index (χ1n) is 4.87. The van der Waals surface area contributed by atoms with Crippen molar-refractivity contribution >= 4 is 0 Å². The van der Waals surface area contributed by atoms with Gasteiger partial charge in [0, 0.05) is 18.7 Å². The van der Waals surface area contributed by atoms with E-state index < -0.39 is 0 Å². The lowest BCUT2D eigenvalue weighted by atomic mass is 10.2. The first kappa shape index (κ1) is 9.46. The minimum Gasteiger partial charge on any atom is -0.508 e. The fourth-order valence-corrected chi connectivity index (χ4v) is 1.59. The van der Waals surface area contributed by atoms with E-state index in [9.17, 15) is 4.39 Å². The van der Waals surface area contributed by atoms with Gasteiger partial charge < -0.3 is 10.4 Å². The van der Waals surface area contributed by atoms with Crippen molar-refractivity contribution in [3.8, 4) is 5.75 Å². The molecular formula is C11H14FNO. The quantitative estimate of drug-likeness (QED) is 0.773. The van der Waals surface area contributed by atoms with Crippen molar-refractivity contribution in [3.63, 3.8) is 0 Å². The van der Waals surface area contributed by atoms with E-state index in [1.54, 1.807) is 6.07 Å². The maximum atomic E-state index is 12.9. The third kappa shape index (κ3) is 2.23. The molecule has 0 spiro atoms. The normalized spacial score (nSPS) is 25.0. The van der Waals surface area contributed by atoms with E-state index >= 15 is 0 Å². The summed E-state index contributed by atoms with van der Waals surface area (Å²) in [5.41, 5.74) is 0.793. The summed E-state index contributed by atoms with van der Waals surface area (Å²) in [7, 11) is 0. The monoisotopic (exact) mass is 195 g/mol. The summed E-state index contributed by atoms with van der Waals surface area (Å²) in [5.74, 6) is 0.341. The van der Waals surface area contributed by atoms with Crippen molar-refractivity contribution in [2.75, 3.05) is 0 Å². The molecule has 0 bridgehead atoms. The molecule has 0 aromatic heterocycles. The van der Waals surface area contributed by atoms with Crippen LogP contribution in [0.5, 0.6) is 5.75 Å². The standard InChI is InChI=1S/C11H14FNO/c1-7-2-11(7)13-6-8-3-9(12)5-10(14)4-8/h3-5,7,11,13-14H,2,6H2,1H3. The summed E-state index contributed by atoms with van der Waals surface area (Å²) < 4.78 is 12.9. The van der Waals surface area contributed by atoms with Crippen LogP contribution in [0.4, 0.5) is 4.39 Å². The molecule has 0 aliphatic heterocycles. The smallest absolute Gasteiger partial charge is 0.127 e. The van der Waals surface area contributed by atoms with Gasteiger partial charge in [-0.25, -0.2) is 4.39 Å². The Hall–Kier alpha value is -1.09. The van der Waals surface area contributed by atoms with Gasteiger partial charge in [0.15, 0.2) is 0 Å². The summed E-state index contributed by atoms with van der Waals surface area (Å²) in [4.78, 5) is 0. The molecule has 1 aromatic carbocycles. The molecule has 0 amide bonds. The number of phenolic OH excluding ortho intramolecular Hbond substituents is 1. The van der Waals surface area contributed by atoms with E-state index in [2.05, 4.69) is 12.2 Å². The molecule has 1 saturated carbocycles. The second-order valence-corrected chi connectivity index (χ2v) is 4.02. The highest BCUT2D eigenvalue weighted by molar-refractivity contribution is 5.28. The molecule has 1 aliphatic carbocycles. The maximum absolute atomic E-state index is 12.9. The summed E-state index contributed by atoms with van der Waals surface area (Å²) in [6, 6.07) is 4.71. The van der Waals surface area contributed by atoms with Gasteiger partial charge in [0.2, 0.25) is 0 Å². The van der Waals surface area contributed by atoms with Crippen LogP contribution in [0.15, 0.2) is 18.2 Å². The van der Waals surface area contributed by atoms with Crippen molar-refractivity contribution < 1.29 is 9.50 Å². The van der Waals surface area contributed by atoms with Crippen molar-refractivity contribution in [3.05, 3.63) is 29.6 Å². The molecule has 0 heterocycles. The van der Waals surface area contributed by atoms with E-state index in [0.717, 1.165) is 17.5 Å².